The Morgan fingerprint density at radius 2 is 2.19 bits per heavy atom. The Morgan fingerprint density at radius 1 is 1.44 bits per heavy atom. The van der Waals surface area contributed by atoms with E-state index in [9.17, 15) is 13.2 Å². The number of rotatable bonds is 1. The van der Waals surface area contributed by atoms with Crippen LogP contribution in [-0.2, 0) is 6.18 Å². The molecule has 0 spiro atoms. The van der Waals surface area contributed by atoms with Crippen molar-refractivity contribution < 1.29 is 13.2 Å². The Hall–Kier alpha value is -1.33. The van der Waals surface area contributed by atoms with Gasteiger partial charge in [-0.3, -0.25) is 0 Å². The molecule has 2 rings (SSSR count). The van der Waals surface area contributed by atoms with Gasteiger partial charge in [0.25, 0.3) is 0 Å². The van der Waals surface area contributed by atoms with Gasteiger partial charge in [0.05, 0.1) is 11.9 Å². The number of hydrogen-bond donors (Lipinski definition) is 0. The van der Waals surface area contributed by atoms with Gasteiger partial charge < -0.3 is 4.90 Å². The first kappa shape index (κ1) is 11.2. The molecule has 1 aromatic rings. The Balaban J connectivity index is 2.34. The fraction of sp³-hybridized carbons (Fsp3) is 0.500. The molecule has 1 aliphatic rings. The largest absolute Gasteiger partial charge is 0.435 e. The van der Waals surface area contributed by atoms with E-state index < -0.39 is 11.9 Å². The van der Waals surface area contributed by atoms with Gasteiger partial charge in [0, 0.05) is 13.1 Å². The third-order valence-corrected chi connectivity index (χ3v) is 2.59. The lowest BCUT2D eigenvalue weighted by Gasteiger charge is -2.21. The highest BCUT2D eigenvalue weighted by Crippen LogP contribution is 2.35. The molecule has 0 aliphatic carbocycles. The number of nitrogens with zero attached hydrogens (tertiary/aromatic N) is 3. The van der Waals surface area contributed by atoms with Gasteiger partial charge in [0.15, 0.2) is 5.69 Å². The third kappa shape index (κ3) is 2.10. The van der Waals surface area contributed by atoms with E-state index in [0.29, 0.717) is 13.1 Å². The molecule has 0 N–H and O–H groups in total. The average Bonchev–Trinajstić information content (AvgIpc) is 2.64. The van der Waals surface area contributed by atoms with Crippen molar-refractivity contribution in [3.05, 3.63) is 25.1 Å². The molecule has 3 nitrogen and oxygen atoms in total. The minimum absolute atomic E-state index is 0.0566. The Labute approximate surface area is 91.3 Å². The molecule has 0 saturated carbocycles. The first-order valence-corrected chi connectivity index (χ1v) is 4.93. The molecule has 16 heavy (non-hydrogen) atoms. The van der Waals surface area contributed by atoms with Gasteiger partial charge in [-0.2, -0.15) is 13.2 Å². The van der Waals surface area contributed by atoms with Gasteiger partial charge in [0.1, 0.15) is 6.33 Å². The second-order valence-corrected chi connectivity index (χ2v) is 3.86. The van der Waals surface area contributed by atoms with Gasteiger partial charge in [-0.15, -0.1) is 0 Å². The average molecular weight is 230 g/mol. The molecular weight excluding hydrogens is 219 g/mol. The summed E-state index contributed by atoms with van der Waals surface area (Å²) in [7, 11) is 0. The molecule has 2 heterocycles. The van der Waals surface area contributed by atoms with Crippen molar-refractivity contribution in [2.75, 3.05) is 18.0 Å². The molecule has 1 saturated heterocycles. The Kier molecular flexibility index (Phi) is 2.73. The van der Waals surface area contributed by atoms with Gasteiger partial charge in [-0.1, -0.05) is 0 Å². The minimum atomic E-state index is -4.43. The summed E-state index contributed by atoms with van der Waals surface area (Å²) in [6.07, 6.45) is -1.50. The maximum atomic E-state index is 12.7. The first-order chi connectivity index (χ1) is 7.48. The summed E-state index contributed by atoms with van der Waals surface area (Å²) < 4.78 is 38.0. The summed E-state index contributed by atoms with van der Waals surface area (Å²) in [5, 5.41) is 0. The van der Waals surface area contributed by atoms with Crippen LogP contribution in [0.4, 0.5) is 18.9 Å². The number of halogens is 3. The molecule has 0 bridgehead atoms. The zero-order valence-corrected chi connectivity index (χ0v) is 8.54. The zero-order chi connectivity index (χ0) is 11.8. The Bertz CT molecular complexity index is 378. The fourth-order valence-corrected chi connectivity index (χ4v) is 1.82. The van der Waals surface area contributed by atoms with Crippen LogP contribution in [-0.4, -0.2) is 23.1 Å². The van der Waals surface area contributed by atoms with Gasteiger partial charge >= 0.3 is 6.18 Å². The van der Waals surface area contributed by atoms with E-state index in [1.54, 1.807) is 4.90 Å². The molecule has 1 fully saturated rings. The number of alkyl halides is 3. The predicted octanol–water partition coefficient (Wildman–Crippen LogP) is 2.16. The van der Waals surface area contributed by atoms with Crippen molar-refractivity contribution in [3.63, 3.8) is 0 Å². The molecule has 1 aliphatic heterocycles. The lowest BCUT2D eigenvalue weighted by Crippen LogP contribution is -2.24. The molecule has 1 radical (unpaired) electrons. The molecule has 0 unspecified atom stereocenters. The van der Waals surface area contributed by atoms with Crippen molar-refractivity contribution in [2.45, 2.75) is 12.6 Å². The molecule has 1 aromatic heterocycles. The van der Waals surface area contributed by atoms with Crippen LogP contribution >= 0.6 is 0 Å². The fourth-order valence-electron chi connectivity index (χ4n) is 1.82. The quantitative estimate of drug-likeness (QED) is 0.740. The highest BCUT2D eigenvalue weighted by molar-refractivity contribution is 5.50. The topological polar surface area (TPSA) is 29.0 Å². The summed E-state index contributed by atoms with van der Waals surface area (Å²) in [6, 6.07) is 0. The first-order valence-electron chi connectivity index (χ1n) is 4.93. The normalized spacial score (nSPS) is 21.5. The number of anilines is 1. The van der Waals surface area contributed by atoms with Crippen LogP contribution in [0.5, 0.6) is 0 Å². The van der Waals surface area contributed by atoms with Crippen molar-refractivity contribution in [2.24, 2.45) is 5.92 Å². The zero-order valence-electron chi connectivity index (χ0n) is 8.54. The van der Waals surface area contributed by atoms with E-state index >= 15 is 0 Å². The van der Waals surface area contributed by atoms with E-state index in [0.717, 1.165) is 12.7 Å². The monoisotopic (exact) mass is 230 g/mol. The smallest absolute Gasteiger partial charge is 0.368 e. The predicted molar refractivity (Wildman–Crippen MR) is 52.7 cm³/mol. The minimum Gasteiger partial charge on any atom is -0.368 e. The van der Waals surface area contributed by atoms with E-state index in [4.69, 9.17) is 0 Å². The SMILES string of the molecule is [CH2][C@H]1CCN(c2cncnc2C(F)(F)F)C1. The summed E-state index contributed by atoms with van der Waals surface area (Å²) in [4.78, 5) is 8.62. The van der Waals surface area contributed by atoms with Gasteiger partial charge in [-0.05, 0) is 19.3 Å². The van der Waals surface area contributed by atoms with Gasteiger partial charge in [-0.25, -0.2) is 9.97 Å². The maximum Gasteiger partial charge on any atom is 0.435 e. The number of aromatic nitrogens is 2. The van der Waals surface area contributed by atoms with Crippen LogP contribution in [0.3, 0.4) is 0 Å². The van der Waals surface area contributed by atoms with Crippen molar-refractivity contribution in [3.8, 4) is 0 Å². The number of hydrogen-bond acceptors (Lipinski definition) is 3. The van der Waals surface area contributed by atoms with E-state index in [2.05, 4.69) is 16.9 Å². The summed E-state index contributed by atoms with van der Waals surface area (Å²) in [6.45, 7) is 4.94. The highest BCUT2D eigenvalue weighted by Gasteiger charge is 2.37. The Morgan fingerprint density at radius 3 is 2.75 bits per heavy atom. The lowest BCUT2D eigenvalue weighted by atomic mass is 10.2. The summed E-state index contributed by atoms with van der Waals surface area (Å²) in [5.74, 6) is 0.168. The molecule has 1 atom stereocenters. The lowest BCUT2D eigenvalue weighted by molar-refractivity contribution is -0.140. The van der Waals surface area contributed by atoms with Crippen LogP contribution in [0.2, 0.25) is 0 Å². The third-order valence-electron chi connectivity index (χ3n) is 2.59. The second kappa shape index (κ2) is 3.92. The van der Waals surface area contributed by atoms with Crippen molar-refractivity contribution in [1.29, 1.82) is 0 Å². The molecular formula is C10H11F3N3. The van der Waals surface area contributed by atoms with Crippen LogP contribution in [0.25, 0.3) is 0 Å². The molecule has 87 valence electrons. The second-order valence-electron chi connectivity index (χ2n) is 3.86. The van der Waals surface area contributed by atoms with Crippen LogP contribution < -0.4 is 4.90 Å². The maximum absolute atomic E-state index is 12.7. The standard InChI is InChI=1S/C10H11F3N3/c1-7-2-3-16(5-7)8-4-14-6-15-9(8)10(11,12)13/h4,6-7H,1-3,5H2/t7-/m0/s1. The van der Waals surface area contributed by atoms with Gasteiger partial charge in [0.2, 0.25) is 0 Å². The van der Waals surface area contributed by atoms with Crippen LogP contribution in [0, 0.1) is 12.8 Å². The summed E-state index contributed by atoms with van der Waals surface area (Å²) in [5.41, 5.74) is -0.808. The molecule has 0 amide bonds. The van der Waals surface area contributed by atoms with E-state index in [-0.39, 0.29) is 11.6 Å². The molecule has 6 heteroatoms. The van der Waals surface area contributed by atoms with Crippen molar-refractivity contribution >= 4 is 5.69 Å². The van der Waals surface area contributed by atoms with Crippen LogP contribution in [0.1, 0.15) is 12.1 Å². The highest BCUT2D eigenvalue weighted by atomic mass is 19.4. The van der Waals surface area contributed by atoms with Crippen LogP contribution in [0.15, 0.2) is 12.5 Å². The molecule has 0 aromatic carbocycles. The van der Waals surface area contributed by atoms with E-state index in [1.807, 2.05) is 0 Å². The van der Waals surface area contributed by atoms with E-state index in [1.165, 1.54) is 6.20 Å². The summed E-state index contributed by atoms with van der Waals surface area (Å²) >= 11 is 0. The van der Waals surface area contributed by atoms with Crippen molar-refractivity contribution in [1.82, 2.24) is 9.97 Å².